The second-order valence-corrected chi connectivity index (χ2v) is 7.87. The van der Waals surface area contributed by atoms with Gasteiger partial charge in [-0.15, -0.1) is 0 Å². The third-order valence-corrected chi connectivity index (χ3v) is 4.11. The van der Waals surface area contributed by atoms with Crippen molar-refractivity contribution in [1.29, 1.82) is 0 Å². The number of amides is 1. The van der Waals surface area contributed by atoms with Gasteiger partial charge in [-0.05, 0) is 52.2 Å². The number of allylic oxidation sites excluding steroid dienone is 2. The Bertz CT molecular complexity index is 574. The van der Waals surface area contributed by atoms with E-state index in [1.165, 1.54) is 13.0 Å². The minimum absolute atomic E-state index is 0.173. The Morgan fingerprint density at radius 1 is 1.04 bits per heavy atom. The Balaban J connectivity index is 2.15. The van der Waals surface area contributed by atoms with Gasteiger partial charge in [-0.2, -0.15) is 0 Å². The van der Waals surface area contributed by atoms with Gasteiger partial charge in [-0.25, -0.2) is 4.79 Å². The Labute approximate surface area is 162 Å². The van der Waals surface area contributed by atoms with Crippen LogP contribution in [0, 0.1) is 0 Å². The van der Waals surface area contributed by atoms with E-state index in [4.69, 9.17) is 9.47 Å². The van der Waals surface area contributed by atoms with Crippen LogP contribution in [0.5, 0.6) is 0 Å². The van der Waals surface area contributed by atoms with Crippen molar-refractivity contribution in [2.75, 3.05) is 6.54 Å². The van der Waals surface area contributed by atoms with Gasteiger partial charge in [0.2, 0.25) is 5.78 Å². The molecule has 152 valence electrons. The summed E-state index contributed by atoms with van der Waals surface area (Å²) in [6, 6.07) is 0. The monoisotopic (exact) mass is 379 g/mol. The number of carbonyl (C=O) groups excluding carboxylic acids is 3. The first kappa shape index (κ1) is 22.9. The molecule has 1 unspecified atom stereocenters. The molecule has 1 N–H and O–H groups in total. The minimum atomic E-state index is -1.13. The molecule has 6 nitrogen and oxygen atoms in total. The highest BCUT2D eigenvalue weighted by Gasteiger charge is 2.37. The van der Waals surface area contributed by atoms with Crippen molar-refractivity contribution in [3.63, 3.8) is 0 Å². The summed E-state index contributed by atoms with van der Waals surface area (Å²) in [5, 5.41) is 2.75. The Hall–Kier alpha value is -2.11. The fraction of sp³-hybridized carbons (Fsp3) is 0.667. The molecule has 0 bridgehead atoms. The van der Waals surface area contributed by atoms with Crippen molar-refractivity contribution in [2.24, 2.45) is 0 Å². The van der Waals surface area contributed by atoms with E-state index >= 15 is 0 Å². The van der Waals surface area contributed by atoms with E-state index in [0.29, 0.717) is 13.0 Å². The van der Waals surface area contributed by atoms with Crippen LogP contribution in [-0.2, 0) is 19.1 Å². The van der Waals surface area contributed by atoms with Crippen molar-refractivity contribution in [3.8, 4) is 0 Å². The largest absolute Gasteiger partial charge is 0.447 e. The third-order valence-electron chi connectivity index (χ3n) is 4.11. The van der Waals surface area contributed by atoms with Crippen molar-refractivity contribution in [2.45, 2.75) is 83.8 Å². The number of carbonyl (C=O) groups is 3. The van der Waals surface area contributed by atoms with E-state index in [-0.39, 0.29) is 11.9 Å². The van der Waals surface area contributed by atoms with Gasteiger partial charge >= 0.3 is 12.1 Å². The lowest BCUT2D eigenvalue weighted by atomic mass is 9.87. The molecule has 1 aliphatic carbocycles. The van der Waals surface area contributed by atoms with Crippen molar-refractivity contribution in [3.05, 3.63) is 24.3 Å². The summed E-state index contributed by atoms with van der Waals surface area (Å²) in [7, 11) is 0. The molecule has 0 saturated carbocycles. The smallest absolute Gasteiger partial charge is 0.407 e. The lowest BCUT2D eigenvalue weighted by molar-refractivity contribution is -0.159. The Kier molecular flexibility index (Phi) is 9.26. The second kappa shape index (κ2) is 10.9. The molecule has 1 rings (SSSR count). The molecular weight excluding hydrogens is 346 g/mol. The molecule has 0 aromatic rings. The van der Waals surface area contributed by atoms with E-state index in [0.717, 1.165) is 38.5 Å². The van der Waals surface area contributed by atoms with Crippen LogP contribution in [0.3, 0.4) is 0 Å². The molecule has 6 heteroatoms. The van der Waals surface area contributed by atoms with Crippen LogP contribution in [-0.4, -0.2) is 35.6 Å². The molecule has 0 aromatic heterocycles. The van der Waals surface area contributed by atoms with Crippen molar-refractivity contribution < 1.29 is 23.9 Å². The summed E-state index contributed by atoms with van der Waals surface area (Å²) < 4.78 is 10.5. The van der Waals surface area contributed by atoms with Gasteiger partial charge in [0.25, 0.3) is 0 Å². The lowest BCUT2D eigenvalue weighted by Gasteiger charge is -2.29. The predicted molar refractivity (Wildman–Crippen MR) is 104 cm³/mol. The number of ketones is 1. The summed E-state index contributed by atoms with van der Waals surface area (Å²) in [5.41, 5.74) is -1.60. The van der Waals surface area contributed by atoms with Crippen molar-refractivity contribution >= 4 is 17.8 Å². The fourth-order valence-electron chi connectivity index (χ4n) is 2.90. The summed E-state index contributed by atoms with van der Waals surface area (Å²) in [4.78, 5) is 35.0. The summed E-state index contributed by atoms with van der Waals surface area (Å²) in [6.45, 7) is 7.45. The van der Waals surface area contributed by atoms with Gasteiger partial charge in [0.1, 0.15) is 5.60 Å². The van der Waals surface area contributed by atoms with Gasteiger partial charge in [-0.1, -0.05) is 37.8 Å². The Morgan fingerprint density at radius 2 is 1.67 bits per heavy atom. The summed E-state index contributed by atoms with van der Waals surface area (Å²) in [5.74, 6) is -0.616. The molecule has 0 aromatic carbocycles. The Morgan fingerprint density at radius 3 is 2.26 bits per heavy atom. The molecule has 0 heterocycles. The SMILES string of the molecule is CC(=O)OC1(CCCCCCCCNC(=O)OC(C)(C)C)C=CC=CC1=O. The summed E-state index contributed by atoms with van der Waals surface area (Å²) in [6.07, 6.45) is 12.5. The average Bonchev–Trinajstić information content (AvgIpc) is 2.54. The maximum absolute atomic E-state index is 12.2. The summed E-state index contributed by atoms with van der Waals surface area (Å²) >= 11 is 0. The van der Waals surface area contributed by atoms with Gasteiger partial charge in [0, 0.05) is 13.5 Å². The minimum Gasteiger partial charge on any atom is -0.447 e. The quantitative estimate of drug-likeness (QED) is 0.453. The first-order chi connectivity index (χ1) is 12.6. The molecule has 0 aliphatic heterocycles. The average molecular weight is 379 g/mol. The number of hydrogen-bond acceptors (Lipinski definition) is 5. The van der Waals surface area contributed by atoms with Crippen LogP contribution in [0.4, 0.5) is 4.79 Å². The molecule has 1 amide bonds. The topological polar surface area (TPSA) is 81.7 Å². The zero-order valence-corrected chi connectivity index (χ0v) is 17.0. The van der Waals surface area contributed by atoms with E-state index in [9.17, 15) is 14.4 Å². The van der Waals surface area contributed by atoms with Gasteiger partial charge in [0.15, 0.2) is 5.60 Å². The number of alkyl carbamates (subject to hydrolysis) is 1. The highest BCUT2D eigenvalue weighted by molar-refractivity contribution is 6.01. The number of rotatable bonds is 10. The van der Waals surface area contributed by atoms with Gasteiger partial charge in [0.05, 0.1) is 0 Å². The molecule has 1 aliphatic rings. The predicted octanol–water partition coefficient (Wildman–Crippen LogP) is 4.24. The number of unbranched alkanes of at least 4 members (excludes halogenated alkanes) is 5. The molecule has 0 spiro atoms. The van der Waals surface area contributed by atoms with Crippen LogP contribution in [0.1, 0.15) is 72.6 Å². The number of ether oxygens (including phenoxy) is 2. The van der Waals surface area contributed by atoms with Crippen LogP contribution in [0.15, 0.2) is 24.3 Å². The van der Waals surface area contributed by atoms with E-state index < -0.39 is 17.2 Å². The van der Waals surface area contributed by atoms with E-state index in [2.05, 4.69) is 5.32 Å². The first-order valence-electron chi connectivity index (χ1n) is 9.71. The molecular formula is C21H33NO5. The van der Waals surface area contributed by atoms with Crippen LogP contribution in [0.25, 0.3) is 0 Å². The highest BCUT2D eigenvalue weighted by Crippen LogP contribution is 2.26. The van der Waals surface area contributed by atoms with E-state index in [1.54, 1.807) is 18.2 Å². The fourth-order valence-corrected chi connectivity index (χ4v) is 2.90. The first-order valence-corrected chi connectivity index (χ1v) is 9.71. The zero-order chi connectivity index (χ0) is 20.3. The molecule has 27 heavy (non-hydrogen) atoms. The number of hydrogen-bond donors (Lipinski definition) is 1. The highest BCUT2D eigenvalue weighted by atomic mass is 16.6. The van der Waals surface area contributed by atoms with Gasteiger partial charge < -0.3 is 14.8 Å². The second-order valence-electron chi connectivity index (χ2n) is 7.87. The normalized spacial score (nSPS) is 19.0. The maximum Gasteiger partial charge on any atom is 0.407 e. The van der Waals surface area contributed by atoms with Crippen LogP contribution in [0.2, 0.25) is 0 Å². The number of esters is 1. The number of nitrogens with one attached hydrogen (secondary N) is 1. The van der Waals surface area contributed by atoms with Crippen LogP contribution < -0.4 is 5.32 Å². The molecule has 0 radical (unpaired) electrons. The molecule has 0 saturated heterocycles. The third kappa shape index (κ3) is 9.40. The van der Waals surface area contributed by atoms with E-state index in [1.807, 2.05) is 20.8 Å². The van der Waals surface area contributed by atoms with Gasteiger partial charge in [-0.3, -0.25) is 9.59 Å². The standard InChI is InChI=1S/C21H33NO5/c1-17(23)26-21(15-11-9-13-18(21)24)14-10-7-5-6-8-12-16-22-19(25)27-20(2,3)4/h9,11,13,15H,5-8,10,12,14,16H2,1-4H3,(H,22,25). The molecule has 0 fully saturated rings. The van der Waals surface area contributed by atoms with Crippen LogP contribution >= 0.6 is 0 Å². The van der Waals surface area contributed by atoms with Crippen molar-refractivity contribution in [1.82, 2.24) is 5.32 Å². The lowest BCUT2D eigenvalue weighted by Crippen LogP contribution is -2.41. The molecule has 1 atom stereocenters. The maximum atomic E-state index is 12.2. The zero-order valence-electron chi connectivity index (χ0n) is 17.0.